The van der Waals surface area contributed by atoms with Gasteiger partial charge in [-0.3, -0.25) is 9.89 Å². The minimum atomic E-state index is -1.47. The van der Waals surface area contributed by atoms with Crippen molar-refractivity contribution in [3.63, 3.8) is 0 Å². The SMILES string of the molecule is O=C(C(CO)c1ccccc1)N1Cc2cn(S(=O)c3cn[nH]c3)nc2C1. The molecule has 0 spiro atoms. The number of aromatic nitrogens is 4. The van der Waals surface area contributed by atoms with Crippen LogP contribution >= 0.6 is 0 Å². The highest BCUT2D eigenvalue weighted by Crippen LogP contribution is 2.27. The first kappa shape index (κ1) is 16.7. The Bertz CT molecular complexity index is 915. The van der Waals surface area contributed by atoms with Crippen molar-refractivity contribution in [1.29, 1.82) is 0 Å². The highest BCUT2D eigenvalue weighted by molar-refractivity contribution is 7.83. The Morgan fingerprint density at radius 3 is 2.77 bits per heavy atom. The number of benzene rings is 1. The summed E-state index contributed by atoms with van der Waals surface area (Å²) in [6, 6.07) is 9.24. The monoisotopic (exact) mass is 371 g/mol. The predicted molar refractivity (Wildman–Crippen MR) is 93.1 cm³/mol. The second-order valence-electron chi connectivity index (χ2n) is 6.03. The van der Waals surface area contributed by atoms with Crippen molar-refractivity contribution in [3.05, 3.63) is 65.7 Å². The minimum absolute atomic E-state index is 0.140. The van der Waals surface area contributed by atoms with E-state index in [4.69, 9.17) is 0 Å². The summed E-state index contributed by atoms with van der Waals surface area (Å²) in [7, 11) is -1.47. The Hall–Kier alpha value is -2.78. The number of H-pyrrole nitrogens is 1. The van der Waals surface area contributed by atoms with Crippen molar-refractivity contribution in [1.82, 2.24) is 24.3 Å². The van der Waals surface area contributed by atoms with Gasteiger partial charge in [0, 0.05) is 24.5 Å². The van der Waals surface area contributed by atoms with Crippen LogP contribution in [-0.4, -0.2) is 46.1 Å². The van der Waals surface area contributed by atoms with Gasteiger partial charge in [0.2, 0.25) is 5.91 Å². The van der Waals surface area contributed by atoms with Gasteiger partial charge in [0.25, 0.3) is 0 Å². The molecular formula is C17H17N5O3S. The number of fused-ring (bicyclic) bond motifs is 1. The summed E-state index contributed by atoms with van der Waals surface area (Å²) in [5, 5.41) is 20.5. The van der Waals surface area contributed by atoms with Crippen LogP contribution in [-0.2, 0) is 28.9 Å². The molecule has 1 aromatic carbocycles. The molecule has 8 nitrogen and oxygen atoms in total. The van der Waals surface area contributed by atoms with Gasteiger partial charge in [0.15, 0.2) is 11.0 Å². The molecule has 2 atom stereocenters. The summed E-state index contributed by atoms with van der Waals surface area (Å²) in [6.07, 6.45) is 4.75. The third-order valence-corrected chi connectivity index (χ3v) is 5.55. The van der Waals surface area contributed by atoms with Crippen LogP contribution in [0.3, 0.4) is 0 Å². The molecule has 0 aliphatic carbocycles. The molecule has 2 N–H and O–H groups in total. The quantitative estimate of drug-likeness (QED) is 0.690. The Kier molecular flexibility index (Phi) is 4.39. The number of hydrogen-bond donors (Lipinski definition) is 2. The second kappa shape index (κ2) is 6.85. The number of nitrogens with one attached hydrogen (secondary N) is 1. The molecule has 0 saturated carbocycles. The van der Waals surface area contributed by atoms with Crippen molar-refractivity contribution >= 4 is 16.9 Å². The number of aliphatic hydroxyl groups excluding tert-OH is 1. The molecule has 2 aromatic heterocycles. The number of nitrogens with zero attached hydrogens (tertiary/aromatic N) is 4. The Balaban J connectivity index is 1.50. The molecule has 0 radical (unpaired) electrons. The molecule has 1 amide bonds. The first-order valence-electron chi connectivity index (χ1n) is 8.10. The molecule has 0 saturated heterocycles. The fourth-order valence-corrected chi connectivity index (χ4v) is 3.95. The number of rotatable bonds is 5. The fraction of sp³-hybridized carbons (Fsp3) is 0.235. The summed E-state index contributed by atoms with van der Waals surface area (Å²) >= 11 is 0. The second-order valence-corrected chi connectivity index (χ2v) is 7.37. The van der Waals surface area contributed by atoms with Crippen molar-refractivity contribution in [2.45, 2.75) is 23.9 Å². The first-order valence-corrected chi connectivity index (χ1v) is 9.21. The lowest BCUT2D eigenvalue weighted by Crippen LogP contribution is -2.32. The lowest BCUT2D eigenvalue weighted by molar-refractivity contribution is -0.134. The zero-order valence-electron chi connectivity index (χ0n) is 13.8. The zero-order chi connectivity index (χ0) is 18.1. The number of carbonyl (C=O) groups excluding carboxylic acids is 1. The fourth-order valence-electron chi connectivity index (χ4n) is 3.04. The Morgan fingerprint density at radius 1 is 1.31 bits per heavy atom. The van der Waals surface area contributed by atoms with Crippen LogP contribution in [0.5, 0.6) is 0 Å². The van der Waals surface area contributed by atoms with E-state index >= 15 is 0 Å². The summed E-state index contributed by atoms with van der Waals surface area (Å²) in [4.78, 5) is 15.0. The Morgan fingerprint density at radius 2 is 2.12 bits per heavy atom. The molecule has 3 aromatic rings. The van der Waals surface area contributed by atoms with E-state index in [1.165, 1.54) is 10.3 Å². The molecule has 4 rings (SSSR count). The summed E-state index contributed by atoms with van der Waals surface area (Å²) < 4.78 is 13.8. The zero-order valence-corrected chi connectivity index (χ0v) is 14.6. The maximum Gasteiger partial charge on any atom is 0.233 e. The van der Waals surface area contributed by atoms with Gasteiger partial charge in [-0.2, -0.15) is 14.3 Å². The van der Waals surface area contributed by atoms with Crippen LogP contribution in [0.1, 0.15) is 22.7 Å². The van der Waals surface area contributed by atoms with Crippen molar-refractivity contribution in [2.24, 2.45) is 0 Å². The van der Waals surface area contributed by atoms with E-state index < -0.39 is 16.9 Å². The maximum atomic E-state index is 12.8. The lowest BCUT2D eigenvalue weighted by Gasteiger charge is -2.22. The summed E-state index contributed by atoms with van der Waals surface area (Å²) in [6.45, 7) is 0.481. The van der Waals surface area contributed by atoms with Crippen molar-refractivity contribution in [2.75, 3.05) is 6.61 Å². The average Bonchev–Trinajstić information content (AvgIpc) is 3.38. The summed E-state index contributed by atoms with van der Waals surface area (Å²) in [5.41, 5.74) is 2.37. The van der Waals surface area contributed by atoms with Gasteiger partial charge in [0.1, 0.15) is 0 Å². The van der Waals surface area contributed by atoms with Crippen molar-refractivity contribution < 1.29 is 14.1 Å². The van der Waals surface area contributed by atoms with Crippen molar-refractivity contribution in [3.8, 4) is 0 Å². The number of aliphatic hydroxyl groups is 1. The van der Waals surface area contributed by atoms with Gasteiger partial charge in [-0.25, -0.2) is 4.21 Å². The molecule has 0 fully saturated rings. The predicted octanol–water partition coefficient (Wildman–Crippen LogP) is 0.795. The molecule has 26 heavy (non-hydrogen) atoms. The molecule has 9 heteroatoms. The molecule has 0 bridgehead atoms. The molecular weight excluding hydrogens is 354 g/mol. The number of amides is 1. The van der Waals surface area contributed by atoms with Crippen LogP contribution in [0.4, 0.5) is 0 Å². The smallest absolute Gasteiger partial charge is 0.233 e. The van der Waals surface area contributed by atoms with Crippen LogP contribution in [0, 0.1) is 0 Å². The lowest BCUT2D eigenvalue weighted by atomic mass is 9.98. The summed E-state index contributed by atoms with van der Waals surface area (Å²) in [5.74, 6) is -0.730. The first-order chi connectivity index (χ1) is 12.7. The van der Waals surface area contributed by atoms with Gasteiger partial charge < -0.3 is 10.0 Å². The number of hydrogen-bond acceptors (Lipinski definition) is 5. The van der Waals surface area contributed by atoms with Gasteiger partial charge in [-0.15, -0.1) is 0 Å². The number of aromatic amines is 1. The highest BCUT2D eigenvalue weighted by Gasteiger charge is 2.32. The molecule has 1 aliphatic rings. The van der Waals surface area contributed by atoms with Crippen LogP contribution < -0.4 is 0 Å². The minimum Gasteiger partial charge on any atom is -0.395 e. The topological polar surface area (TPSA) is 104 Å². The third kappa shape index (κ3) is 2.95. The molecule has 2 unspecified atom stereocenters. The van der Waals surface area contributed by atoms with Gasteiger partial charge in [-0.1, -0.05) is 30.3 Å². The molecule has 134 valence electrons. The van der Waals surface area contributed by atoms with E-state index in [2.05, 4.69) is 15.3 Å². The van der Waals surface area contributed by atoms with E-state index in [0.29, 0.717) is 18.0 Å². The van der Waals surface area contributed by atoms with Crippen LogP contribution in [0.25, 0.3) is 0 Å². The average molecular weight is 371 g/mol. The highest BCUT2D eigenvalue weighted by atomic mass is 32.2. The van der Waals surface area contributed by atoms with Crippen LogP contribution in [0.2, 0.25) is 0 Å². The Labute approximate surface area is 152 Å². The molecule has 1 aliphatic heterocycles. The van der Waals surface area contributed by atoms with Gasteiger partial charge >= 0.3 is 0 Å². The van der Waals surface area contributed by atoms with Crippen LogP contribution in [0.15, 0.2) is 53.8 Å². The van der Waals surface area contributed by atoms with E-state index in [-0.39, 0.29) is 12.5 Å². The van der Waals surface area contributed by atoms with E-state index in [1.807, 2.05) is 30.3 Å². The van der Waals surface area contributed by atoms with E-state index in [1.54, 1.807) is 17.3 Å². The van der Waals surface area contributed by atoms with Gasteiger partial charge in [-0.05, 0) is 5.56 Å². The normalized spacial score (nSPS) is 15.7. The maximum absolute atomic E-state index is 12.8. The van der Waals surface area contributed by atoms with Gasteiger partial charge in [0.05, 0.1) is 35.9 Å². The van der Waals surface area contributed by atoms with E-state index in [0.717, 1.165) is 16.8 Å². The van der Waals surface area contributed by atoms with E-state index in [9.17, 15) is 14.1 Å². The largest absolute Gasteiger partial charge is 0.395 e. The molecule has 3 heterocycles. The number of carbonyl (C=O) groups is 1. The standard InChI is InChI=1S/C17H17N5O3S/c23-11-15(12-4-2-1-3-5-12)17(24)21-8-13-9-22(20-16(13)10-21)26(25)14-6-18-19-7-14/h1-7,9,15,23H,8,10-11H2,(H,18,19). The third-order valence-electron chi connectivity index (χ3n) is 4.40.